The molecule has 6 heteroatoms. The molecule has 0 saturated heterocycles. The number of hydrogen-bond acceptors (Lipinski definition) is 3. The van der Waals surface area contributed by atoms with Crippen molar-refractivity contribution in [2.45, 2.75) is 6.42 Å². The first-order valence-electron chi connectivity index (χ1n) is 2.12. The minimum Gasteiger partial charge on any atom is -1.00 e. The number of aliphatic hydroxyl groups excluding tert-OH is 1. The van der Waals surface area contributed by atoms with Gasteiger partial charge in [-0.05, 0) is 6.42 Å². The Bertz CT molecular complexity index is 145. The van der Waals surface area contributed by atoms with E-state index in [-0.39, 0.29) is 39.1 Å². The van der Waals surface area contributed by atoms with Gasteiger partial charge in [-0.15, -0.1) is 0 Å². The Kier molecular flexibility index (Phi) is 7.12. The average molecular weight is 148 g/mol. The Morgan fingerprint density at radius 3 is 2.00 bits per heavy atom. The summed E-state index contributed by atoms with van der Waals surface area (Å²) in [6.45, 7) is -0.209. The Labute approximate surface area is 67.7 Å². The molecule has 52 valence electrons. The molecule has 0 bridgehead atoms. The van der Waals surface area contributed by atoms with E-state index in [0.717, 1.165) is 0 Å². The molecule has 0 aliphatic heterocycles. The van der Waals surface area contributed by atoms with Crippen molar-refractivity contribution in [3.05, 3.63) is 0 Å². The van der Waals surface area contributed by atoms with Crippen molar-refractivity contribution < 1.29 is 38.4 Å². The van der Waals surface area contributed by atoms with Crippen LogP contribution in [0.4, 0.5) is 0 Å². The second-order valence-electron chi connectivity index (χ2n) is 1.36. The summed E-state index contributed by atoms with van der Waals surface area (Å²) in [4.78, 5) is 0. The molecule has 0 aliphatic rings. The summed E-state index contributed by atoms with van der Waals surface area (Å²) in [7, 11) is -3.85. The fraction of sp³-hybridized carbons (Fsp3) is 1.00. The number of hydrogen-bond donors (Lipinski definition) is 2. The molecule has 0 fully saturated rings. The number of rotatable bonds is 3. The van der Waals surface area contributed by atoms with E-state index in [0.29, 0.717) is 0 Å². The van der Waals surface area contributed by atoms with E-state index < -0.39 is 10.1 Å². The van der Waals surface area contributed by atoms with Gasteiger partial charge in [-0.2, -0.15) is 8.42 Å². The van der Waals surface area contributed by atoms with Crippen LogP contribution in [-0.2, 0) is 10.1 Å². The molecular weight excluding hydrogens is 139 g/mol. The molecule has 0 atom stereocenters. The molecule has 0 aliphatic carbocycles. The summed E-state index contributed by atoms with van der Waals surface area (Å²) < 4.78 is 27.7. The van der Waals surface area contributed by atoms with E-state index in [2.05, 4.69) is 0 Å². The van der Waals surface area contributed by atoms with Crippen LogP contribution in [0.15, 0.2) is 0 Å². The molecule has 0 heterocycles. The molecule has 0 amide bonds. The van der Waals surface area contributed by atoms with Gasteiger partial charge in [0.1, 0.15) is 0 Å². The minimum absolute atomic E-state index is 0. The zero-order valence-electron chi connectivity index (χ0n) is 6.24. The van der Waals surface area contributed by atoms with Crippen molar-refractivity contribution in [3.63, 3.8) is 0 Å². The maximum atomic E-state index is 9.83. The zero-order chi connectivity index (χ0) is 6.62. The van der Waals surface area contributed by atoms with Gasteiger partial charge in [0.05, 0.1) is 5.75 Å². The van der Waals surface area contributed by atoms with Gasteiger partial charge in [-0.1, -0.05) is 0 Å². The summed E-state index contributed by atoms with van der Waals surface area (Å²) in [5.74, 6) is -0.358. The molecule has 0 spiro atoms. The Balaban J connectivity index is -0.000000245. The Hall–Kier alpha value is 0.467. The first-order valence-corrected chi connectivity index (χ1v) is 3.73. The SMILES string of the molecule is O=S(=O)(O)CCCO.[H-].[Li+]. The normalized spacial score (nSPS) is 10.4. The van der Waals surface area contributed by atoms with Gasteiger partial charge in [0, 0.05) is 6.61 Å². The van der Waals surface area contributed by atoms with E-state index in [4.69, 9.17) is 9.66 Å². The number of aliphatic hydroxyl groups is 1. The van der Waals surface area contributed by atoms with Crippen molar-refractivity contribution in [2.24, 2.45) is 0 Å². The van der Waals surface area contributed by atoms with Crippen LogP contribution < -0.4 is 18.9 Å². The van der Waals surface area contributed by atoms with Gasteiger partial charge in [0.15, 0.2) is 0 Å². The molecule has 0 aromatic carbocycles. The van der Waals surface area contributed by atoms with Crippen LogP contribution in [-0.4, -0.2) is 30.4 Å². The van der Waals surface area contributed by atoms with Crippen molar-refractivity contribution in [1.82, 2.24) is 0 Å². The van der Waals surface area contributed by atoms with Gasteiger partial charge in [-0.25, -0.2) is 0 Å². The van der Waals surface area contributed by atoms with Gasteiger partial charge in [0.2, 0.25) is 0 Å². The molecule has 0 aromatic rings. The second-order valence-corrected chi connectivity index (χ2v) is 2.94. The van der Waals surface area contributed by atoms with Crippen molar-refractivity contribution in [1.29, 1.82) is 0 Å². The molecule has 0 unspecified atom stereocenters. The predicted octanol–water partition coefficient (Wildman–Crippen LogP) is -3.63. The van der Waals surface area contributed by atoms with Gasteiger partial charge >= 0.3 is 18.9 Å². The van der Waals surface area contributed by atoms with Crippen molar-refractivity contribution in [2.75, 3.05) is 12.4 Å². The first kappa shape index (κ1) is 12.2. The maximum Gasteiger partial charge on any atom is 1.00 e. The van der Waals surface area contributed by atoms with E-state index in [1.54, 1.807) is 0 Å². The topological polar surface area (TPSA) is 74.6 Å². The van der Waals surface area contributed by atoms with Gasteiger partial charge < -0.3 is 6.53 Å². The van der Waals surface area contributed by atoms with Crippen LogP contribution in [0.5, 0.6) is 0 Å². The largest absolute Gasteiger partial charge is 1.00 e. The van der Waals surface area contributed by atoms with Crippen LogP contribution in [0.25, 0.3) is 0 Å². The maximum absolute atomic E-state index is 9.83. The molecular formula is C3H9LiO4S. The fourth-order valence-corrected chi connectivity index (χ4v) is 0.741. The third-order valence-electron chi connectivity index (χ3n) is 0.560. The van der Waals surface area contributed by atoms with Gasteiger partial charge in [-0.3, -0.25) is 4.55 Å². The van der Waals surface area contributed by atoms with E-state index >= 15 is 0 Å². The Morgan fingerprint density at radius 2 is 1.89 bits per heavy atom. The smallest absolute Gasteiger partial charge is 1.00 e. The van der Waals surface area contributed by atoms with Crippen LogP contribution in [0.3, 0.4) is 0 Å². The predicted molar refractivity (Wildman–Crippen MR) is 29.2 cm³/mol. The van der Waals surface area contributed by atoms with Crippen LogP contribution >= 0.6 is 0 Å². The monoisotopic (exact) mass is 148 g/mol. The summed E-state index contributed by atoms with van der Waals surface area (Å²) in [6.07, 6.45) is 0.0961. The standard InChI is InChI=1S/C3H8O4S.Li.H/c4-2-1-3-8(5,6)7;;/h4H,1-3H2,(H,5,6,7);;/q;+1;-1. The molecule has 0 radical (unpaired) electrons. The molecule has 0 saturated carbocycles. The van der Waals surface area contributed by atoms with Gasteiger partial charge in [0.25, 0.3) is 10.1 Å². The minimum atomic E-state index is -3.85. The summed E-state index contributed by atoms with van der Waals surface area (Å²) in [6, 6.07) is 0. The molecule has 0 aromatic heterocycles. The van der Waals surface area contributed by atoms with Crippen LogP contribution in [0.2, 0.25) is 0 Å². The summed E-state index contributed by atoms with van der Waals surface area (Å²) in [5.41, 5.74) is 0. The molecule has 9 heavy (non-hydrogen) atoms. The van der Waals surface area contributed by atoms with Crippen molar-refractivity contribution >= 4 is 10.1 Å². The van der Waals surface area contributed by atoms with E-state index in [1.807, 2.05) is 0 Å². The van der Waals surface area contributed by atoms with E-state index in [9.17, 15) is 8.42 Å². The molecule has 4 nitrogen and oxygen atoms in total. The summed E-state index contributed by atoms with van der Waals surface area (Å²) >= 11 is 0. The first-order chi connectivity index (χ1) is 3.56. The third kappa shape index (κ3) is 11.8. The Morgan fingerprint density at radius 1 is 1.44 bits per heavy atom. The van der Waals surface area contributed by atoms with Crippen LogP contribution in [0, 0.1) is 0 Å². The third-order valence-corrected chi connectivity index (χ3v) is 1.36. The molecule has 2 N–H and O–H groups in total. The summed E-state index contributed by atoms with van der Waals surface area (Å²) in [5, 5.41) is 8.05. The van der Waals surface area contributed by atoms with Crippen molar-refractivity contribution in [3.8, 4) is 0 Å². The molecule has 0 rings (SSSR count). The second kappa shape index (κ2) is 5.27. The average Bonchev–Trinajstić information content (AvgIpc) is 1.59. The fourth-order valence-electron chi connectivity index (χ4n) is 0.247. The van der Waals surface area contributed by atoms with E-state index in [1.165, 1.54) is 0 Å². The van der Waals surface area contributed by atoms with Crippen LogP contribution in [0.1, 0.15) is 7.85 Å². The zero-order valence-corrected chi connectivity index (χ0v) is 6.06. The quantitative estimate of drug-likeness (QED) is 0.320.